The first-order valence-electron chi connectivity index (χ1n) is 12.1. The first kappa shape index (κ1) is 23.1. The van der Waals surface area contributed by atoms with Crippen LogP contribution >= 0.6 is 0 Å². The summed E-state index contributed by atoms with van der Waals surface area (Å²) in [6, 6.07) is 3.41. The zero-order valence-corrected chi connectivity index (χ0v) is 20.3. The van der Waals surface area contributed by atoms with Gasteiger partial charge in [0.2, 0.25) is 5.91 Å². The van der Waals surface area contributed by atoms with Gasteiger partial charge in [0.1, 0.15) is 29.2 Å². The van der Waals surface area contributed by atoms with E-state index in [-0.39, 0.29) is 29.2 Å². The molecule has 0 unspecified atom stereocenters. The maximum atomic E-state index is 15.0. The zero-order chi connectivity index (χ0) is 25.7. The maximum absolute atomic E-state index is 15.0. The van der Waals surface area contributed by atoms with E-state index in [1.165, 1.54) is 18.5 Å². The molecule has 1 aliphatic carbocycles. The largest absolute Gasteiger partial charge is 0.383 e. The van der Waals surface area contributed by atoms with E-state index < -0.39 is 5.82 Å². The number of nitrogens with two attached hydrogens (primary N) is 1. The topological polar surface area (TPSA) is 116 Å². The second-order valence-electron chi connectivity index (χ2n) is 9.41. The molecule has 1 amide bonds. The Hall–Kier alpha value is -4.30. The van der Waals surface area contributed by atoms with Gasteiger partial charge in [-0.25, -0.2) is 23.9 Å². The monoisotopic (exact) mass is 500 g/mol. The van der Waals surface area contributed by atoms with Gasteiger partial charge in [0.15, 0.2) is 5.82 Å². The molecular formula is C26H25FN8O2. The molecule has 2 N–H and O–H groups in total. The third-order valence-electron chi connectivity index (χ3n) is 7.00. The summed E-state index contributed by atoms with van der Waals surface area (Å²) in [5.41, 5.74) is 8.65. The number of nitrogens with zero attached hydrogens (tertiary/aromatic N) is 7. The number of aromatic nitrogens is 6. The first-order chi connectivity index (χ1) is 18.0. The third-order valence-corrected chi connectivity index (χ3v) is 7.00. The number of methoxy groups -OCH3 is 1. The summed E-state index contributed by atoms with van der Waals surface area (Å²) < 4.78 is 24.0. The van der Waals surface area contributed by atoms with Crippen LogP contribution in [0.5, 0.6) is 0 Å². The average molecular weight is 501 g/mol. The fourth-order valence-electron chi connectivity index (χ4n) is 5.08. The lowest BCUT2D eigenvalue weighted by Gasteiger charge is -2.22. The maximum Gasteiger partial charge on any atom is 0.246 e. The number of rotatable bonds is 5. The molecule has 4 heterocycles. The lowest BCUT2D eigenvalue weighted by atomic mass is 10.1. The summed E-state index contributed by atoms with van der Waals surface area (Å²) in [6.07, 6.45) is 7.19. The highest BCUT2D eigenvalue weighted by atomic mass is 19.1. The molecule has 4 aromatic rings. The lowest BCUT2D eigenvalue weighted by molar-refractivity contribution is -0.127. The molecule has 1 aromatic carbocycles. The smallest absolute Gasteiger partial charge is 0.246 e. The lowest BCUT2D eigenvalue weighted by Crippen LogP contribution is -2.37. The molecule has 0 spiro atoms. The molecule has 188 valence electrons. The van der Waals surface area contributed by atoms with Gasteiger partial charge in [-0.3, -0.25) is 4.79 Å². The minimum absolute atomic E-state index is 0.127. The van der Waals surface area contributed by atoms with Crippen LogP contribution < -0.4 is 5.73 Å². The van der Waals surface area contributed by atoms with Crippen LogP contribution in [0.4, 0.5) is 10.2 Å². The molecule has 1 aliphatic heterocycles. The van der Waals surface area contributed by atoms with Gasteiger partial charge in [-0.05, 0) is 37.3 Å². The standard InChI is InChI=1S/C26H25FN8O2/c1-3-23(36)33-11-16(8-18(33)12-37-2)26-32-20(24-25(28)29-13-31-35(24)26)7-4-15-9-21-22(10-19(15)27)34(14-30-21)17-5-6-17/h3,9-10,13-14,16-18H,1,5-6,8,11-12H2,2H3,(H2,28,29,31)/t16-,18-/m1/s1. The molecule has 0 bridgehead atoms. The molecule has 2 aliphatic rings. The number of amides is 1. The first-order valence-corrected chi connectivity index (χ1v) is 12.1. The Kier molecular flexibility index (Phi) is 5.61. The second kappa shape index (κ2) is 8.97. The molecule has 1 saturated carbocycles. The van der Waals surface area contributed by atoms with Crippen molar-refractivity contribution < 1.29 is 13.9 Å². The number of anilines is 1. The number of nitrogen functional groups attached to an aromatic ring is 1. The summed E-state index contributed by atoms with van der Waals surface area (Å²) in [7, 11) is 1.60. The van der Waals surface area contributed by atoms with E-state index in [0.29, 0.717) is 48.2 Å². The SMILES string of the molecule is C=CC(=O)N1C[C@H](c2nc(C#Cc3cc4ncn(C5CC5)c4cc3F)c3c(N)ncnn23)C[C@@H]1COC. The Morgan fingerprint density at radius 2 is 2.16 bits per heavy atom. The van der Waals surface area contributed by atoms with E-state index in [4.69, 9.17) is 15.5 Å². The molecule has 2 fully saturated rings. The quantitative estimate of drug-likeness (QED) is 0.330. The van der Waals surface area contributed by atoms with Gasteiger partial charge in [-0.15, -0.1) is 0 Å². The number of ether oxygens (including phenoxy) is 1. The Morgan fingerprint density at radius 3 is 2.92 bits per heavy atom. The summed E-state index contributed by atoms with van der Waals surface area (Å²) in [5, 5.41) is 4.36. The summed E-state index contributed by atoms with van der Waals surface area (Å²) >= 11 is 0. The van der Waals surface area contributed by atoms with Crippen molar-refractivity contribution in [1.29, 1.82) is 0 Å². The van der Waals surface area contributed by atoms with E-state index in [1.807, 2.05) is 4.57 Å². The van der Waals surface area contributed by atoms with Crippen LogP contribution in [0.2, 0.25) is 0 Å². The van der Waals surface area contributed by atoms with Crippen molar-refractivity contribution in [3.8, 4) is 11.8 Å². The highest BCUT2D eigenvalue weighted by Gasteiger charge is 2.38. The Bertz CT molecular complexity index is 1610. The second-order valence-corrected chi connectivity index (χ2v) is 9.41. The van der Waals surface area contributed by atoms with Crippen molar-refractivity contribution in [2.75, 3.05) is 26.0 Å². The van der Waals surface area contributed by atoms with Crippen LogP contribution in [-0.4, -0.2) is 66.2 Å². The number of carbonyl (C=O) groups is 1. The molecule has 0 radical (unpaired) electrons. The predicted octanol–water partition coefficient (Wildman–Crippen LogP) is 2.45. The normalized spacial score (nSPS) is 19.4. The molecule has 6 rings (SSSR count). The number of halogens is 1. The van der Waals surface area contributed by atoms with Gasteiger partial charge >= 0.3 is 0 Å². The molecule has 10 nitrogen and oxygen atoms in total. The van der Waals surface area contributed by atoms with Crippen molar-refractivity contribution in [2.45, 2.75) is 37.3 Å². The van der Waals surface area contributed by atoms with E-state index in [0.717, 1.165) is 18.4 Å². The minimum atomic E-state index is -0.424. The van der Waals surface area contributed by atoms with Gasteiger partial charge in [0, 0.05) is 31.7 Å². The summed E-state index contributed by atoms with van der Waals surface area (Å²) in [4.78, 5) is 27.4. The number of hydrogen-bond donors (Lipinski definition) is 1. The fourth-order valence-corrected chi connectivity index (χ4v) is 5.08. The summed E-state index contributed by atoms with van der Waals surface area (Å²) in [6.45, 7) is 4.42. The van der Waals surface area contributed by atoms with Crippen molar-refractivity contribution in [3.63, 3.8) is 0 Å². The van der Waals surface area contributed by atoms with Gasteiger partial charge in [-0.1, -0.05) is 12.5 Å². The molecular weight excluding hydrogens is 475 g/mol. The predicted molar refractivity (Wildman–Crippen MR) is 134 cm³/mol. The van der Waals surface area contributed by atoms with Crippen molar-refractivity contribution in [2.24, 2.45) is 0 Å². The van der Waals surface area contributed by atoms with Crippen LogP contribution in [0, 0.1) is 17.7 Å². The Morgan fingerprint density at radius 1 is 1.32 bits per heavy atom. The van der Waals surface area contributed by atoms with E-state index in [1.54, 1.807) is 28.9 Å². The van der Waals surface area contributed by atoms with E-state index >= 15 is 0 Å². The summed E-state index contributed by atoms with van der Waals surface area (Å²) in [5.74, 6) is 5.97. The van der Waals surface area contributed by atoms with Crippen LogP contribution in [0.25, 0.3) is 16.6 Å². The van der Waals surface area contributed by atoms with Crippen LogP contribution in [-0.2, 0) is 9.53 Å². The average Bonchev–Trinajstić information content (AvgIpc) is 3.35. The van der Waals surface area contributed by atoms with Crippen LogP contribution in [0.15, 0.2) is 37.4 Å². The number of fused-ring (bicyclic) bond motifs is 2. The zero-order valence-electron chi connectivity index (χ0n) is 20.3. The molecule has 11 heteroatoms. The number of imidazole rings is 2. The van der Waals surface area contributed by atoms with E-state index in [2.05, 4.69) is 33.5 Å². The number of likely N-dealkylation sites (tertiary alicyclic amines) is 1. The third kappa shape index (κ3) is 3.99. The van der Waals surface area contributed by atoms with E-state index in [9.17, 15) is 9.18 Å². The number of hydrogen-bond acceptors (Lipinski definition) is 7. The minimum Gasteiger partial charge on any atom is -0.383 e. The van der Waals surface area contributed by atoms with Crippen LogP contribution in [0.3, 0.4) is 0 Å². The molecule has 37 heavy (non-hydrogen) atoms. The van der Waals surface area contributed by atoms with Crippen LogP contribution in [0.1, 0.15) is 48.3 Å². The molecule has 2 atom stereocenters. The van der Waals surface area contributed by atoms with Crippen molar-refractivity contribution in [1.82, 2.24) is 34.0 Å². The fraction of sp³-hybridized carbons (Fsp3) is 0.346. The van der Waals surface area contributed by atoms with Crippen molar-refractivity contribution in [3.05, 3.63) is 60.3 Å². The number of carbonyl (C=O) groups excluding carboxylic acids is 1. The van der Waals surface area contributed by atoms with Crippen molar-refractivity contribution >= 4 is 28.3 Å². The van der Waals surface area contributed by atoms with Gasteiger partial charge in [0.25, 0.3) is 0 Å². The molecule has 3 aromatic heterocycles. The van der Waals surface area contributed by atoms with Gasteiger partial charge in [0.05, 0.1) is 35.6 Å². The highest BCUT2D eigenvalue weighted by molar-refractivity contribution is 5.87. The number of benzene rings is 1. The Labute approximate surface area is 212 Å². The molecule has 1 saturated heterocycles. The van der Waals surface area contributed by atoms with Gasteiger partial charge in [-0.2, -0.15) is 5.10 Å². The Balaban J connectivity index is 1.39. The highest BCUT2D eigenvalue weighted by Crippen LogP contribution is 2.37. The van der Waals surface area contributed by atoms with Gasteiger partial charge < -0.3 is 19.9 Å².